The van der Waals surface area contributed by atoms with E-state index in [1.165, 1.54) is 12.1 Å². The van der Waals surface area contributed by atoms with E-state index < -0.39 is 46.4 Å². The van der Waals surface area contributed by atoms with Crippen molar-refractivity contribution in [1.29, 1.82) is 5.26 Å². The van der Waals surface area contributed by atoms with Gasteiger partial charge in [-0.2, -0.15) is 5.26 Å². The molecule has 2 aromatic carbocycles. The maximum absolute atomic E-state index is 15.0. The molecular weight excluding hydrogens is 603 g/mol. The van der Waals surface area contributed by atoms with Gasteiger partial charge in [-0.25, -0.2) is 4.39 Å². The molecule has 0 spiro atoms. The Morgan fingerprint density at radius 2 is 1.56 bits per heavy atom. The van der Waals surface area contributed by atoms with Crippen LogP contribution in [0.25, 0.3) is 0 Å². The Hall–Kier alpha value is -2.92. The Morgan fingerprint density at radius 3 is 2.07 bits per heavy atom. The van der Waals surface area contributed by atoms with E-state index in [0.29, 0.717) is 16.8 Å². The predicted molar refractivity (Wildman–Crippen MR) is 176 cm³/mol. The summed E-state index contributed by atoms with van der Waals surface area (Å²) in [6.07, 6.45) is -0.615. The number of hydrazine groups is 1. The molecule has 2 atom stereocenters. The fraction of sp³-hybridized carbons (Fsp3) is 0.516. The molecule has 3 N–H and O–H groups in total. The summed E-state index contributed by atoms with van der Waals surface area (Å²) >= 11 is 6.38. The van der Waals surface area contributed by atoms with Gasteiger partial charge < -0.3 is 14.2 Å². The van der Waals surface area contributed by atoms with Crippen LogP contribution < -0.4 is 20.6 Å². The first kappa shape index (κ1) is 36.3. The zero-order valence-corrected chi connectivity index (χ0v) is 30.1. The molecule has 236 valence electrons. The van der Waals surface area contributed by atoms with Crippen LogP contribution in [0, 0.1) is 24.1 Å². The van der Waals surface area contributed by atoms with Crippen LogP contribution in [0.2, 0.25) is 41.3 Å². The SMILES string of the molecule is Cc1c(N[C@@H](C(=O)NNC(=O)c2ccc(O[Si](C)(C)C(C)(C)C)c(F)c2)[C@H](C)O[Si](C)(C)C(C)(C)C)ccc(C#N)c1Cl. The van der Waals surface area contributed by atoms with Gasteiger partial charge >= 0.3 is 0 Å². The fourth-order valence-electron chi connectivity index (χ4n) is 3.62. The Morgan fingerprint density at radius 1 is 0.977 bits per heavy atom. The summed E-state index contributed by atoms with van der Waals surface area (Å²) < 4.78 is 27.5. The first-order chi connectivity index (χ1) is 19.5. The minimum atomic E-state index is -2.30. The molecule has 0 aliphatic rings. The molecule has 2 aromatic rings. The van der Waals surface area contributed by atoms with Gasteiger partial charge in [-0.1, -0.05) is 53.1 Å². The van der Waals surface area contributed by atoms with Crippen molar-refractivity contribution in [3.05, 3.63) is 57.9 Å². The van der Waals surface area contributed by atoms with Crippen molar-refractivity contribution in [3.63, 3.8) is 0 Å². The molecule has 0 saturated carbocycles. The number of nitriles is 1. The topological polar surface area (TPSA) is 112 Å². The molecule has 0 aromatic heterocycles. The van der Waals surface area contributed by atoms with E-state index in [1.54, 1.807) is 26.0 Å². The number of amides is 2. The van der Waals surface area contributed by atoms with Crippen LogP contribution in [-0.2, 0) is 9.22 Å². The summed E-state index contributed by atoms with van der Waals surface area (Å²) in [7, 11) is -4.59. The Balaban J connectivity index is 2.28. The zero-order chi connectivity index (χ0) is 33.1. The fourth-order valence-corrected chi connectivity index (χ4v) is 6.27. The second-order valence-corrected chi connectivity index (χ2v) is 23.7. The number of carbonyl (C=O) groups is 2. The normalized spacial score (nSPS) is 13.9. The average molecular weight is 649 g/mol. The second-order valence-electron chi connectivity index (χ2n) is 13.9. The highest BCUT2D eigenvalue weighted by atomic mass is 35.5. The van der Waals surface area contributed by atoms with Crippen molar-refractivity contribution in [2.75, 3.05) is 5.32 Å². The number of hydrogen-bond donors (Lipinski definition) is 3. The lowest BCUT2D eigenvalue weighted by Crippen LogP contribution is -2.55. The molecule has 0 bridgehead atoms. The molecule has 2 rings (SSSR count). The van der Waals surface area contributed by atoms with E-state index in [1.807, 2.05) is 19.2 Å². The van der Waals surface area contributed by atoms with Gasteiger partial charge in [-0.15, -0.1) is 0 Å². The van der Waals surface area contributed by atoms with E-state index in [4.69, 9.17) is 20.5 Å². The van der Waals surface area contributed by atoms with Crippen LogP contribution in [0.4, 0.5) is 10.1 Å². The largest absolute Gasteiger partial charge is 0.542 e. The summed E-state index contributed by atoms with van der Waals surface area (Å²) in [4.78, 5) is 26.4. The Labute approximate surface area is 262 Å². The van der Waals surface area contributed by atoms with Crippen molar-refractivity contribution < 1.29 is 22.8 Å². The minimum Gasteiger partial charge on any atom is -0.542 e. The number of carbonyl (C=O) groups excluding carboxylic acids is 2. The van der Waals surface area contributed by atoms with Crippen molar-refractivity contribution in [2.24, 2.45) is 0 Å². The molecular formula is C31H46ClFN4O4Si2. The summed E-state index contributed by atoms with van der Waals surface area (Å²) in [5.74, 6) is -1.84. The van der Waals surface area contributed by atoms with Crippen LogP contribution in [0.3, 0.4) is 0 Å². The van der Waals surface area contributed by atoms with Gasteiger partial charge in [-0.05, 0) is 86.0 Å². The molecule has 0 heterocycles. The van der Waals surface area contributed by atoms with Crippen molar-refractivity contribution in [1.82, 2.24) is 10.9 Å². The Bertz CT molecular complexity index is 1400. The van der Waals surface area contributed by atoms with E-state index >= 15 is 0 Å². The third kappa shape index (κ3) is 8.82. The van der Waals surface area contributed by atoms with E-state index in [-0.39, 0.29) is 26.4 Å². The highest BCUT2D eigenvalue weighted by molar-refractivity contribution is 6.75. The second kappa shape index (κ2) is 13.4. The molecule has 0 saturated heterocycles. The molecule has 8 nitrogen and oxygen atoms in total. The monoisotopic (exact) mass is 648 g/mol. The molecule has 0 radical (unpaired) electrons. The maximum Gasteiger partial charge on any atom is 0.269 e. The van der Waals surface area contributed by atoms with Crippen molar-refractivity contribution >= 4 is 45.7 Å². The smallest absolute Gasteiger partial charge is 0.269 e. The number of anilines is 1. The van der Waals surface area contributed by atoms with Gasteiger partial charge in [0.1, 0.15) is 17.9 Å². The van der Waals surface area contributed by atoms with E-state index in [2.05, 4.69) is 70.8 Å². The molecule has 2 amide bonds. The number of rotatable bonds is 9. The van der Waals surface area contributed by atoms with Crippen molar-refractivity contribution in [3.8, 4) is 11.8 Å². The van der Waals surface area contributed by atoms with Gasteiger partial charge in [0, 0.05) is 11.3 Å². The summed E-state index contributed by atoms with van der Waals surface area (Å²) in [6, 6.07) is 8.31. The van der Waals surface area contributed by atoms with Crippen LogP contribution in [0.5, 0.6) is 5.75 Å². The van der Waals surface area contributed by atoms with E-state index in [0.717, 1.165) is 6.07 Å². The quantitative estimate of drug-likeness (QED) is 0.190. The predicted octanol–water partition coefficient (Wildman–Crippen LogP) is 7.70. The van der Waals surface area contributed by atoms with Crippen LogP contribution in [0.1, 0.15) is 70.0 Å². The molecule has 0 aliphatic carbocycles. The van der Waals surface area contributed by atoms with E-state index in [9.17, 15) is 19.2 Å². The maximum atomic E-state index is 15.0. The van der Waals surface area contributed by atoms with Gasteiger partial charge in [0.15, 0.2) is 14.1 Å². The lowest BCUT2D eigenvalue weighted by Gasteiger charge is -2.40. The number of hydrogen-bond acceptors (Lipinski definition) is 6. The summed E-state index contributed by atoms with van der Waals surface area (Å²) in [6.45, 7) is 24.2. The van der Waals surface area contributed by atoms with Gasteiger partial charge in [0.2, 0.25) is 0 Å². The van der Waals surface area contributed by atoms with Crippen LogP contribution in [0.15, 0.2) is 30.3 Å². The number of benzene rings is 2. The number of nitrogens with zero attached hydrogens (tertiary/aromatic N) is 1. The van der Waals surface area contributed by atoms with Crippen LogP contribution in [-0.4, -0.2) is 40.6 Å². The highest BCUT2D eigenvalue weighted by Gasteiger charge is 2.41. The summed E-state index contributed by atoms with van der Waals surface area (Å²) in [5, 5.41) is 12.6. The lowest BCUT2D eigenvalue weighted by molar-refractivity contribution is -0.124. The third-order valence-corrected chi connectivity index (χ3v) is 17.9. The summed E-state index contributed by atoms with van der Waals surface area (Å²) in [5.41, 5.74) is 6.32. The highest BCUT2D eigenvalue weighted by Crippen LogP contribution is 2.39. The Kier molecular flexibility index (Phi) is 11.3. The van der Waals surface area contributed by atoms with Gasteiger partial charge in [0.05, 0.1) is 16.7 Å². The molecule has 43 heavy (non-hydrogen) atoms. The number of nitrogens with one attached hydrogen (secondary N) is 3. The van der Waals surface area contributed by atoms with Gasteiger partial charge in [0.25, 0.3) is 20.1 Å². The van der Waals surface area contributed by atoms with Gasteiger partial charge in [-0.3, -0.25) is 20.4 Å². The molecule has 0 aliphatic heterocycles. The molecule has 0 unspecified atom stereocenters. The number of halogens is 2. The molecule has 12 heteroatoms. The zero-order valence-electron chi connectivity index (χ0n) is 27.4. The average Bonchev–Trinajstić information content (AvgIpc) is 2.87. The van der Waals surface area contributed by atoms with Crippen molar-refractivity contribution in [2.45, 2.75) is 104 Å². The lowest BCUT2D eigenvalue weighted by atomic mass is 10.1. The standard InChI is InChI=1S/C31H46ClFN4O4Si2/c1-19-24(15-13-22(18-34)26(19)32)35-27(20(2)40-42(9,10)30(3,4)5)29(39)37-36-28(38)21-14-16-25(23(33)17-21)41-43(11,12)31(6,7)8/h13-17,20,27,35H,1-12H3,(H,36,38)(H,37,39)/t20-,27+/m0/s1. The minimum absolute atomic E-state index is 0.0187. The molecule has 0 fully saturated rings. The first-order valence-electron chi connectivity index (χ1n) is 14.2. The van der Waals surface area contributed by atoms with Crippen LogP contribution >= 0.6 is 11.6 Å². The third-order valence-electron chi connectivity index (χ3n) is 8.52. The first-order valence-corrected chi connectivity index (χ1v) is 20.4.